The number of carbonyl (C=O) groups is 2. The molecule has 4 aromatic rings. The molecular formula is C40H41BrF2N2O6. The van der Waals surface area contributed by atoms with E-state index in [-0.39, 0.29) is 24.2 Å². The first kappa shape index (κ1) is 39.0. The van der Waals surface area contributed by atoms with Crippen LogP contribution in [-0.4, -0.2) is 64.5 Å². The van der Waals surface area contributed by atoms with Crippen LogP contribution in [0.15, 0.2) is 120 Å². The molecule has 0 atom stereocenters. The van der Waals surface area contributed by atoms with Crippen molar-refractivity contribution < 1.29 is 37.3 Å². The van der Waals surface area contributed by atoms with Crippen LogP contribution in [-0.2, 0) is 41.8 Å². The lowest BCUT2D eigenvalue weighted by atomic mass is 10.1. The maximum absolute atomic E-state index is 14.3. The summed E-state index contributed by atoms with van der Waals surface area (Å²) >= 11 is 3.24. The zero-order valence-corrected chi connectivity index (χ0v) is 29.8. The fraction of sp³-hybridized carbons (Fsp3) is 0.250. The molecule has 0 aromatic heterocycles. The smallest absolute Gasteiger partial charge is 0.331 e. The van der Waals surface area contributed by atoms with Crippen LogP contribution in [0, 0.1) is 11.6 Å². The normalized spacial score (nSPS) is 14.0. The highest BCUT2D eigenvalue weighted by atomic mass is 79.9. The molecular weight excluding hydrogens is 722 g/mol. The number of esters is 2. The van der Waals surface area contributed by atoms with Crippen molar-refractivity contribution in [3.8, 4) is 0 Å². The second-order valence-electron chi connectivity index (χ2n) is 11.2. The van der Waals surface area contributed by atoms with E-state index in [1.165, 1.54) is 18.2 Å². The van der Waals surface area contributed by atoms with Gasteiger partial charge in [0.25, 0.3) is 0 Å². The Kier molecular flexibility index (Phi) is 16.3. The van der Waals surface area contributed by atoms with Gasteiger partial charge in [-0.3, -0.25) is 0 Å². The van der Waals surface area contributed by atoms with Gasteiger partial charge in [0.15, 0.2) is 0 Å². The Labute approximate surface area is 306 Å². The highest BCUT2D eigenvalue weighted by Gasteiger charge is 2.16. The lowest BCUT2D eigenvalue weighted by Crippen LogP contribution is -2.36. The summed E-state index contributed by atoms with van der Waals surface area (Å²) in [6.45, 7) is 9.27. The molecule has 0 saturated carbocycles. The molecule has 11 heteroatoms. The summed E-state index contributed by atoms with van der Waals surface area (Å²) < 4.78 is 49.1. The van der Waals surface area contributed by atoms with Crippen molar-refractivity contribution in [2.24, 2.45) is 0 Å². The van der Waals surface area contributed by atoms with Gasteiger partial charge in [-0.2, -0.15) is 0 Å². The summed E-state index contributed by atoms with van der Waals surface area (Å²) in [5.74, 6) is -1.33. The molecule has 2 heterocycles. The molecule has 2 aliphatic heterocycles. The quantitative estimate of drug-likeness (QED) is 0.127. The molecule has 268 valence electrons. The molecule has 0 N–H and O–H groups in total. The third-order valence-electron chi connectivity index (χ3n) is 7.61. The Hall–Kier alpha value is -4.84. The fourth-order valence-electron chi connectivity index (χ4n) is 4.96. The molecule has 0 bridgehead atoms. The Balaban J connectivity index is 0.000000189. The third kappa shape index (κ3) is 13.8. The summed E-state index contributed by atoms with van der Waals surface area (Å²) in [7, 11) is 0. The van der Waals surface area contributed by atoms with Crippen LogP contribution >= 0.6 is 15.9 Å². The number of ether oxygens (including phenoxy) is 4. The molecule has 6 rings (SSSR count). The van der Waals surface area contributed by atoms with Gasteiger partial charge >= 0.3 is 11.9 Å². The standard InChI is InChI=1S/C20H20FNO3.C10H11BrFNO.C10H10O2/c21-18-14-16(6-8-19(18)22-10-12-24-13-11-22)7-9-20(23)25-15-17-4-2-1-3-5-17;11-8-1-2-10(9(12)7-8)13-3-5-14-6-4-13;1-2-10(11)12-8-9-6-4-3-5-7-9/h1-9,14H,10-13,15H2;1-2,7H,3-6H2;2-7H,1,8H2/b9-7+;;. The Morgan fingerprint density at radius 1 is 0.686 bits per heavy atom. The van der Waals surface area contributed by atoms with E-state index in [0.29, 0.717) is 63.1 Å². The number of nitrogens with zero attached hydrogens (tertiary/aromatic N) is 2. The van der Waals surface area contributed by atoms with E-state index in [2.05, 4.69) is 22.5 Å². The molecule has 0 radical (unpaired) electrons. The predicted octanol–water partition coefficient (Wildman–Crippen LogP) is 7.76. The van der Waals surface area contributed by atoms with Crippen molar-refractivity contribution in [1.82, 2.24) is 0 Å². The summed E-state index contributed by atoms with van der Waals surface area (Å²) in [6.07, 6.45) is 4.02. The monoisotopic (exact) mass is 762 g/mol. The Morgan fingerprint density at radius 2 is 1.16 bits per heavy atom. The van der Waals surface area contributed by atoms with Crippen molar-refractivity contribution in [3.63, 3.8) is 0 Å². The van der Waals surface area contributed by atoms with Gasteiger partial charge in [-0.05, 0) is 53.1 Å². The highest BCUT2D eigenvalue weighted by Crippen LogP contribution is 2.24. The number of rotatable bonds is 9. The van der Waals surface area contributed by atoms with Crippen molar-refractivity contribution in [1.29, 1.82) is 0 Å². The van der Waals surface area contributed by atoms with Crippen LogP contribution in [0.2, 0.25) is 0 Å². The zero-order valence-electron chi connectivity index (χ0n) is 28.2. The van der Waals surface area contributed by atoms with Crippen molar-refractivity contribution in [2.75, 3.05) is 62.4 Å². The summed E-state index contributed by atoms with van der Waals surface area (Å²) in [5, 5.41) is 0. The summed E-state index contributed by atoms with van der Waals surface area (Å²) in [4.78, 5) is 26.4. The predicted molar refractivity (Wildman–Crippen MR) is 198 cm³/mol. The van der Waals surface area contributed by atoms with Gasteiger partial charge in [0, 0.05) is 42.8 Å². The molecule has 2 fully saturated rings. The zero-order chi connectivity index (χ0) is 36.3. The molecule has 51 heavy (non-hydrogen) atoms. The van der Waals surface area contributed by atoms with Crippen molar-refractivity contribution in [2.45, 2.75) is 13.2 Å². The minimum atomic E-state index is -0.457. The number of carbonyl (C=O) groups excluding carboxylic acids is 2. The first-order valence-corrected chi connectivity index (χ1v) is 17.2. The highest BCUT2D eigenvalue weighted by molar-refractivity contribution is 9.10. The van der Waals surface area contributed by atoms with Gasteiger partial charge in [-0.25, -0.2) is 18.4 Å². The van der Waals surface area contributed by atoms with E-state index < -0.39 is 5.97 Å². The second-order valence-corrected chi connectivity index (χ2v) is 12.1. The maximum atomic E-state index is 14.3. The van der Waals surface area contributed by atoms with Crippen LogP contribution in [0.3, 0.4) is 0 Å². The van der Waals surface area contributed by atoms with Gasteiger partial charge in [-0.15, -0.1) is 0 Å². The number of anilines is 2. The molecule has 0 aliphatic carbocycles. The van der Waals surface area contributed by atoms with Gasteiger partial charge in [0.1, 0.15) is 24.8 Å². The first-order chi connectivity index (χ1) is 24.8. The number of morpholine rings is 2. The number of benzene rings is 4. The van der Waals surface area contributed by atoms with E-state index in [0.717, 1.165) is 34.8 Å². The fourth-order valence-corrected chi connectivity index (χ4v) is 5.29. The lowest BCUT2D eigenvalue weighted by Gasteiger charge is -2.29. The average molecular weight is 764 g/mol. The summed E-state index contributed by atoms with van der Waals surface area (Å²) in [5.41, 5.74) is 3.74. The molecule has 0 amide bonds. The van der Waals surface area contributed by atoms with Crippen LogP contribution in [0.4, 0.5) is 20.2 Å². The molecule has 0 spiro atoms. The average Bonchev–Trinajstić information content (AvgIpc) is 3.17. The molecule has 4 aromatic carbocycles. The van der Waals surface area contributed by atoms with Crippen LogP contribution < -0.4 is 9.80 Å². The van der Waals surface area contributed by atoms with Crippen LogP contribution in [0.25, 0.3) is 6.08 Å². The molecule has 0 unspecified atom stereocenters. The van der Waals surface area contributed by atoms with Gasteiger partial charge in [0.2, 0.25) is 0 Å². The number of hydrogen-bond donors (Lipinski definition) is 0. The second kappa shape index (κ2) is 21.4. The molecule has 2 aliphatic rings. The van der Waals surface area contributed by atoms with E-state index >= 15 is 0 Å². The molecule has 8 nitrogen and oxygen atoms in total. The molecule has 2 saturated heterocycles. The topological polar surface area (TPSA) is 77.5 Å². The van der Waals surface area contributed by atoms with Gasteiger partial charge < -0.3 is 28.7 Å². The van der Waals surface area contributed by atoms with Crippen molar-refractivity contribution >= 4 is 45.3 Å². The lowest BCUT2D eigenvalue weighted by molar-refractivity contribution is -0.139. The number of hydrogen-bond acceptors (Lipinski definition) is 8. The van der Waals surface area contributed by atoms with E-state index in [4.69, 9.17) is 18.9 Å². The van der Waals surface area contributed by atoms with Gasteiger partial charge in [0.05, 0.1) is 37.8 Å². The Bertz CT molecular complexity index is 1710. The van der Waals surface area contributed by atoms with Crippen molar-refractivity contribution in [3.05, 3.63) is 149 Å². The largest absolute Gasteiger partial charge is 0.458 e. The SMILES string of the molecule is C=CC(=O)OCc1ccccc1.Fc1cc(Br)ccc1N1CCOCC1.O=C(/C=C/c1ccc(N2CCOCC2)c(F)c1)OCc1ccccc1. The first-order valence-electron chi connectivity index (χ1n) is 16.4. The minimum Gasteiger partial charge on any atom is -0.458 e. The van der Waals surface area contributed by atoms with E-state index in [1.54, 1.807) is 24.3 Å². The minimum absolute atomic E-state index is 0.179. The Morgan fingerprint density at radius 3 is 1.63 bits per heavy atom. The number of halogens is 3. The van der Waals surface area contributed by atoms with E-state index in [9.17, 15) is 18.4 Å². The third-order valence-corrected chi connectivity index (χ3v) is 8.10. The van der Waals surface area contributed by atoms with E-state index in [1.807, 2.05) is 76.5 Å². The van der Waals surface area contributed by atoms with Crippen LogP contribution in [0.1, 0.15) is 16.7 Å². The van der Waals surface area contributed by atoms with Gasteiger partial charge in [-0.1, -0.05) is 89.2 Å². The summed E-state index contributed by atoms with van der Waals surface area (Å²) in [6, 6.07) is 29.0. The van der Waals surface area contributed by atoms with Crippen LogP contribution in [0.5, 0.6) is 0 Å². The maximum Gasteiger partial charge on any atom is 0.331 e.